The first-order chi connectivity index (χ1) is 13.6. The predicted octanol–water partition coefficient (Wildman–Crippen LogP) is 5.61. The van der Waals surface area contributed by atoms with Gasteiger partial charge in [0.15, 0.2) is 11.5 Å². The first-order valence-electron chi connectivity index (χ1n) is 9.50. The van der Waals surface area contributed by atoms with Gasteiger partial charge in [-0.25, -0.2) is 0 Å². The maximum atomic E-state index is 12.3. The van der Waals surface area contributed by atoms with Gasteiger partial charge in [0.25, 0.3) is 0 Å². The number of halogens is 1. The van der Waals surface area contributed by atoms with E-state index in [1.165, 1.54) is 12.8 Å². The van der Waals surface area contributed by atoms with Crippen LogP contribution in [0.25, 0.3) is 0 Å². The molecule has 2 aromatic rings. The Morgan fingerprint density at radius 3 is 2.36 bits per heavy atom. The van der Waals surface area contributed by atoms with E-state index < -0.39 is 0 Å². The summed E-state index contributed by atoms with van der Waals surface area (Å²) in [6.07, 6.45) is 4.36. The monoisotopic (exact) mass is 449 g/mol. The molecule has 6 heteroatoms. The van der Waals surface area contributed by atoms with Crippen LogP contribution < -0.4 is 19.5 Å². The quantitative estimate of drug-likeness (QED) is 0.453. The maximum Gasteiger partial charge on any atom is 0.224 e. The number of aryl methyl sites for hydroxylation is 1. The van der Waals surface area contributed by atoms with Crippen molar-refractivity contribution in [2.24, 2.45) is 0 Å². The summed E-state index contributed by atoms with van der Waals surface area (Å²) in [5, 5.41) is 2.92. The molecular formula is C22H28BrNO4. The number of unbranched alkanes of at least 4 members (excludes halogenated alkanes) is 2. The van der Waals surface area contributed by atoms with Gasteiger partial charge in [0.1, 0.15) is 5.75 Å². The first kappa shape index (κ1) is 22.1. The van der Waals surface area contributed by atoms with E-state index >= 15 is 0 Å². The van der Waals surface area contributed by atoms with E-state index in [2.05, 4.69) is 28.2 Å². The van der Waals surface area contributed by atoms with Crippen LogP contribution in [0.5, 0.6) is 17.2 Å². The van der Waals surface area contributed by atoms with E-state index in [0.717, 1.165) is 34.5 Å². The highest BCUT2D eigenvalue weighted by Gasteiger charge is 2.11. The summed E-state index contributed by atoms with van der Waals surface area (Å²) in [5.41, 5.74) is 1.75. The van der Waals surface area contributed by atoms with E-state index in [-0.39, 0.29) is 5.91 Å². The zero-order valence-electron chi connectivity index (χ0n) is 16.7. The molecule has 1 amide bonds. The standard InChI is InChI=1S/C22H28BrNO4/c1-4-5-6-13-28-18-10-8-17(9-11-18)24-22(25)12-7-16-14-20(26-2)21(27-3)15-19(16)23/h8-11,14-15H,4-7,12-13H2,1-3H3,(H,24,25). The Morgan fingerprint density at radius 2 is 1.71 bits per heavy atom. The number of amides is 1. The van der Waals surface area contributed by atoms with Gasteiger partial charge in [-0.3, -0.25) is 4.79 Å². The number of nitrogens with one attached hydrogen (secondary N) is 1. The van der Waals surface area contributed by atoms with Gasteiger partial charge in [0.05, 0.1) is 20.8 Å². The largest absolute Gasteiger partial charge is 0.494 e. The summed E-state index contributed by atoms with van der Waals surface area (Å²) in [6.45, 7) is 2.89. The summed E-state index contributed by atoms with van der Waals surface area (Å²) < 4.78 is 17.2. The molecule has 0 aromatic heterocycles. The smallest absolute Gasteiger partial charge is 0.224 e. The molecule has 0 bridgehead atoms. The molecule has 152 valence electrons. The van der Waals surface area contributed by atoms with Gasteiger partial charge in [-0.2, -0.15) is 0 Å². The number of carbonyl (C=O) groups is 1. The van der Waals surface area contributed by atoms with Gasteiger partial charge in [0, 0.05) is 16.6 Å². The fourth-order valence-corrected chi connectivity index (χ4v) is 3.26. The van der Waals surface area contributed by atoms with Gasteiger partial charge in [0.2, 0.25) is 5.91 Å². The zero-order chi connectivity index (χ0) is 20.4. The molecule has 5 nitrogen and oxygen atoms in total. The molecule has 0 saturated heterocycles. The van der Waals surface area contributed by atoms with Gasteiger partial charge in [-0.1, -0.05) is 35.7 Å². The van der Waals surface area contributed by atoms with Crippen molar-refractivity contribution in [1.82, 2.24) is 0 Å². The molecule has 1 N–H and O–H groups in total. The van der Waals surface area contributed by atoms with Crippen LogP contribution in [0, 0.1) is 0 Å². The molecule has 0 radical (unpaired) electrons. The molecule has 0 spiro atoms. The zero-order valence-corrected chi connectivity index (χ0v) is 18.3. The fourth-order valence-electron chi connectivity index (χ4n) is 2.74. The average Bonchev–Trinajstić information content (AvgIpc) is 2.71. The molecule has 0 aliphatic heterocycles. The number of hydrogen-bond donors (Lipinski definition) is 1. The lowest BCUT2D eigenvalue weighted by molar-refractivity contribution is -0.116. The minimum atomic E-state index is -0.0432. The second kappa shape index (κ2) is 11.6. The third-order valence-electron chi connectivity index (χ3n) is 4.33. The highest BCUT2D eigenvalue weighted by molar-refractivity contribution is 9.10. The normalized spacial score (nSPS) is 10.4. The maximum absolute atomic E-state index is 12.3. The van der Waals surface area contributed by atoms with Crippen molar-refractivity contribution < 1.29 is 19.0 Å². The summed E-state index contributed by atoms with van der Waals surface area (Å²) >= 11 is 3.53. The third kappa shape index (κ3) is 6.75. The molecule has 0 fully saturated rings. The number of carbonyl (C=O) groups excluding carboxylic acids is 1. The van der Waals surface area contributed by atoms with Gasteiger partial charge in [-0.05, 0) is 54.8 Å². The summed E-state index contributed by atoms with van der Waals surface area (Å²) in [5.74, 6) is 2.08. The molecule has 2 aromatic carbocycles. The van der Waals surface area contributed by atoms with Crippen LogP contribution in [-0.4, -0.2) is 26.7 Å². The molecule has 0 aliphatic carbocycles. The van der Waals surface area contributed by atoms with Crippen molar-refractivity contribution in [3.05, 3.63) is 46.4 Å². The van der Waals surface area contributed by atoms with Crippen molar-refractivity contribution in [3.8, 4) is 17.2 Å². The second-order valence-corrected chi connectivity index (χ2v) is 7.28. The highest BCUT2D eigenvalue weighted by atomic mass is 79.9. The fraction of sp³-hybridized carbons (Fsp3) is 0.409. The van der Waals surface area contributed by atoms with Crippen molar-refractivity contribution in [2.75, 3.05) is 26.1 Å². The minimum Gasteiger partial charge on any atom is -0.494 e. The minimum absolute atomic E-state index is 0.0432. The van der Waals surface area contributed by atoms with Crippen LogP contribution in [0.4, 0.5) is 5.69 Å². The van der Waals surface area contributed by atoms with Crippen molar-refractivity contribution >= 4 is 27.5 Å². The van der Waals surface area contributed by atoms with E-state index in [1.807, 2.05) is 36.4 Å². The Hall–Kier alpha value is -2.21. The van der Waals surface area contributed by atoms with Crippen molar-refractivity contribution in [1.29, 1.82) is 0 Å². The number of anilines is 1. The van der Waals surface area contributed by atoms with Crippen LogP contribution in [-0.2, 0) is 11.2 Å². The van der Waals surface area contributed by atoms with Crippen molar-refractivity contribution in [2.45, 2.75) is 39.0 Å². The van der Waals surface area contributed by atoms with E-state index in [4.69, 9.17) is 14.2 Å². The molecule has 0 aliphatic rings. The van der Waals surface area contributed by atoms with Crippen LogP contribution in [0.3, 0.4) is 0 Å². The number of benzene rings is 2. The summed E-state index contributed by atoms with van der Waals surface area (Å²) in [7, 11) is 3.19. The lowest BCUT2D eigenvalue weighted by atomic mass is 10.1. The van der Waals surface area contributed by atoms with Crippen LogP contribution >= 0.6 is 15.9 Å². The van der Waals surface area contributed by atoms with Crippen molar-refractivity contribution in [3.63, 3.8) is 0 Å². The lowest BCUT2D eigenvalue weighted by Gasteiger charge is -2.12. The molecule has 2 rings (SSSR count). The first-order valence-corrected chi connectivity index (χ1v) is 10.3. The Labute approximate surface area is 175 Å². The lowest BCUT2D eigenvalue weighted by Crippen LogP contribution is -2.12. The average molecular weight is 450 g/mol. The molecule has 0 unspecified atom stereocenters. The number of methoxy groups -OCH3 is 2. The van der Waals surface area contributed by atoms with Gasteiger partial charge in [-0.15, -0.1) is 0 Å². The topological polar surface area (TPSA) is 56.8 Å². The van der Waals surface area contributed by atoms with Crippen LogP contribution in [0.1, 0.15) is 38.2 Å². The van der Waals surface area contributed by atoms with Crippen LogP contribution in [0.2, 0.25) is 0 Å². The Kier molecular flexibility index (Phi) is 9.14. The molecule has 0 atom stereocenters. The SMILES string of the molecule is CCCCCOc1ccc(NC(=O)CCc2cc(OC)c(OC)cc2Br)cc1. The highest BCUT2D eigenvalue weighted by Crippen LogP contribution is 2.33. The van der Waals surface area contributed by atoms with Crippen LogP contribution in [0.15, 0.2) is 40.9 Å². The van der Waals surface area contributed by atoms with Gasteiger partial charge < -0.3 is 19.5 Å². The van der Waals surface area contributed by atoms with E-state index in [9.17, 15) is 4.79 Å². The van der Waals surface area contributed by atoms with Gasteiger partial charge >= 0.3 is 0 Å². The molecule has 0 saturated carbocycles. The number of ether oxygens (including phenoxy) is 3. The predicted molar refractivity (Wildman–Crippen MR) is 116 cm³/mol. The Bertz CT molecular complexity index is 762. The summed E-state index contributed by atoms with van der Waals surface area (Å²) in [6, 6.07) is 11.2. The molecule has 28 heavy (non-hydrogen) atoms. The molecule has 0 heterocycles. The number of hydrogen-bond acceptors (Lipinski definition) is 4. The second-order valence-electron chi connectivity index (χ2n) is 6.43. The third-order valence-corrected chi connectivity index (χ3v) is 5.07. The molecular weight excluding hydrogens is 422 g/mol. The van der Waals surface area contributed by atoms with E-state index in [1.54, 1.807) is 14.2 Å². The van der Waals surface area contributed by atoms with E-state index in [0.29, 0.717) is 24.3 Å². The number of rotatable bonds is 11. The Balaban J connectivity index is 1.85. The summed E-state index contributed by atoms with van der Waals surface area (Å²) in [4.78, 5) is 12.3. The Morgan fingerprint density at radius 1 is 1.04 bits per heavy atom.